The number of nitrogens with zero attached hydrogens (tertiary/aromatic N) is 2. The van der Waals surface area contributed by atoms with E-state index in [-0.39, 0.29) is 24.2 Å². The lowest BCUT2D eigenvalue weighted by Crippen LogP contribution is -2.25. The minimum Gasteiger partial charge on any atom is -0.482 e. The molecule has 1 amide bonds. The summed E-state index contributed by atoms with van der Waals surface area (Å²) in [5.41, 5.74) is 0.634. The molecule has 10 nitrogen and oxygen atoms in total. The van der Waals surface area contributed by atoms with E-state index in [1.165, 1.54) is 4.68 Å². The highest BCUT2D eigenvalue weighted by Crippen LogP contribution is 2.27. The number of anilines is 1. The summed E-state index contributed by atoms with van der Waals surface area (Å²) in [7, 11) is -3.11. The van der Waals surface area contributed by atoms with Gasteiger partial charge in [0.1, 0.15) is 23.1 Å². The van der Waals surface area contributed by atoms with Gasteiger partial charge in [-0.3, -0.25) is 4.79 Å². The lowest BCUT2D eigenvalue weighted by Gasteiger charge is -2.14. The summed E-state index contributed by atoms with van der Waals surface area (Å²) < 4.78 is 41.2. The first kappa shape index (κ1) is 24.3. The van der Waals surface area contributed by atoms with Crippen LogP contribution in [0.2, 0.25) is 0 Å². The summed E-state index contributed by atoms with van der Waals surface area (Å²) in [4.78, 5) is 24.3. The molecule has 1 atom stereocenters. The van der Waals surface area contributed by atoms with Crippen LogP contribution in [0.3, 0.4) is 0 Å². The van der Waals surface area contributed by atoms with Crippen molar-refractivity contribution in [3.8, 4) is 17.2 Å². The second-order valence-electron chi connectivity index (χ2n) is 8.06. The van der Waals surface area contributed by atoms with Crippen LogP contribution in [0.1, 0.15) is 18.2 Å². The highest BCUT2D eigenvalue weighted by molar-refractivity contribution is 7.91. The molecule has 0 spiro atoms. The van der Waals surface area contributed by atoms with E-state index in [0.29, 0.717) is 35.2 Å². The Morgan fingerprint density at radius 1 is 1.03 bits per heavy atom. The van der Waals surface area contributed by atoms with Crippen LogP contribution in [-0.2, 0) is 24.2 Å². The minimum absolute atomic E-state index is 0.0251. The summed E-state index contributed by atoms with van der Waals surface area (Å²) >= 11 is 0. The summed E-state index contributed by atoms with van der Waals surface area (Å²) in [6.07, 6.45) is 0.429. The standard InChI is InChI=1S/C24H25N3O7S/c1-17-13-22(27(26-17)18-11-12-35(30,31)16-18)25-23(28)14-33-24(29)15-32-19-7-9-21(10-8-19)34-20-5-3-2-4-6-20/h2-10,13,18H,11-12,14-16H2,1H3,(H,25,28). The number of aromatic nitrogens is 2. The number of benzene rings is 2. The van der Waals surface area contributed by atoms with Crippen LogP contribution in [0.4, 0.5) is 5.82 Å². The van der Waals surface area contributed by atoms with Crippen LogP contribution in [0, 0.1) is 6.92 Å². The number of sulfone groups is 1. The molecular formula is C24H25N3O7S. The molecule has 1 saturated heterocycles. The van der Waals surface area contributed by atoms with Crippen LogP contribution in [0.15, 0.2) is 60.7 Å². The molecule has 2 heterocycles. The van der Waals surface area contributed by atoms with Gasteiger partial charge in [-0.1, -0.05) is 18.2 Å². The van der Waals surface area contributed by atoms with Crippen molar-refractivity contribution in [2.45, 2.75) is 19.4 Å². The predicted octanol–water partition coefficient (Wildman–Crippen LogP) is 2.90. The molecule has 0 radical (unpaired) electrons. The monoisotopic (exact) mass is 499 g/mol. The first-order valence-corrected chi connectivity index (χ1v) is 12.8. The maximum absolute atomic E-state index is 12.3. The fourth-order valence-corrected chi connectivity index (χ4v) is 5.29. The van der Waals surface area contributed by atoms with Gasteiger partial charge in [0, 0.05) is 6.07 Å². The Kier molecular flexibility index (Phi) is 7.35. The van der Waals surface area contributed by atoms with Crippen LogP contribution >= 0.6 is 0 Å². The third kappa shape index (κ3) is 6.82. The van der Waals surface area contributed by atoms with Crippen molar-refractivity contribution in [3.05, 3.63) is 66.4 Å². The lowest BCUT2D eigenvalue weighted by atomic mass is 10.3. The maximum Gasteiger partial charge on any atom is 0.344 e. The normalized spacial score (nSPS) is 16.4. The van der Waals surface area contributed by atoms with Crippen molar-refractivity contribution in [1.29, 1.82) is 0 Å². The maximum atomic E-state index is 12.3. The third-order valence-electron chi connectivity index (χ3n) is 5.20. The number of esters is 1. The van der Waals surface area contributed by atoms with Gasteiger partial charge in [0.2, 0.25) is 0 Å². The molecule has 1 fully saturated rings. The molecule has 35 heavy (non-hydrogen) atoms. The number of aryl methyl sites for hydroxylation is 1. The van der Waals surface area contributed by atoms with Crippen LogP contribution in [0.25, 0.3) is 0 Å². The van der Waals surface area contributed by atoms with Crippen molar-refractivity contribution in [2.24, 2.45) is 0 Å². The largest absolute Gasteiger partial charge is 0.482 e. The molecule has 1 N–H and O–H groups in total. The number of amides is 1. The second-order valence-corrected chi connectivity index (χ2v) is 10.3. The Morgan fingerprint density at radius 3 is 2.40 bits per heavy atom. The van der Waals surface area contributed by atoms with E-state index in [1.807, 2.05) is 30.3 Å². The molecule has 1 aliphatic heterocycles. The number of ether oxygens (including phenoxy) is 3. The SMILES string of the molecule is Cc1cc(NC(=O)COC(=O)COc2ccc(Oc3ccccc3)cc2)n(C2CCS(=O)(=O)C2)n1. The summed E-state index contributed by atoms with van der Waals surface area (Å²) in [5.74, 6) is 0.908. The quantitative estimate of drug-likeness (QED) is 0.446. The number of rotatable bonds is 9. The molecular weight excluding hydrogens is 474 g/mol. The molecule has 1 aliphatic rings. The topological polar surface area (TPSA) is 126 Å². The van der Waals surface area contributed by atoms with E-state index in [9.17, 15) is 18.0 Å². The zero-order valence-corrected chi connectivity index (χ0v) is 19.9. The van der Waals surface area contributed by atoms with Crippen LogP contribution in [0.5, 0.6) is 17.2 Å². The number of carbonyl (C=O) groups excluding carboxylic acids is 2. The number of nitrogens with one attached hydrogen (secondary N) is 1. The zero-order valence-electron chi connectivity index (χ0n) is 19.0. The zero-order chi connectivity index (χ0) is 24.8. The Bertz CT molecular complexity index is 1290. The molecule has 2 aromatic carbocycles. The van der Waals surface area contributed by atoms with E-state index < -0.39 is 28.3 Å². The molecule has 4 rings (SSSR count). The van der Waals surface area contributed by atoms with Crippen LogP contribution in [-0.4, -0.2) is 54.8 Å². The predicted molar refractivity (Wildman–Crippen MR) is 127 cm³/mol. The average Bonchev–Trinajstić information content (AvgIpc) is 3.38. The number of para-hydroxylation sites is 1. The van der Waals surface area contributed by atoms with E-state index in [2.05, 4.69) is 10.4 Å². The van der Waals surface area contributed by atoms with Crippen molar-refractivity contribution in [1.82, 2.24) is 9.78 Å². The van der Waals surface area contributed by atoms with Gasteiger partial charge in [-0.25, -0.2) is 17.9 Å². The highest BCUT2D eigenvalue weighted by Gasteiger charge is 2.31. The first-order valence-electron chi connectivity index (χ1n) is 11.0. The van der Waals surface area contributed by atoms with Gasteiger partial charge in [-0.2, -0.15) is 5.10 Å². The van der Waals surface area contributed by atoms with Gasteiger partial charge < -0.3 is 19.5 Å². The summed E-state index contributed by atoms with van der Waals surface area (Å²) in [6, 6.07) is 17.3. The summed E-state index contributed by atoms with van der Waals surface area (Å²) in [6.45, 7) is 0.857. The van der Waals surface area contributed by atoms with Gasteiger partial charge >= 0.3 is 5.97 Å². The molecule has 0 bridgehead atoms. The van der Waals surface area contributed by atoms with Gasteiger partial charge in [-0.15, -0.1) is 0 Å². The second kappa shape index (κ2) is 10.6. The first-order chi connectivity index (χ1) is 16.8. The van der Waals surface area contributed by atoms with Crippen LogP contribution < -0.4 is 14.8 Å². The van der Waals surface area contributed by atoms with E-state index in [1.54, 1.807) is 37.3 Å². The molecule has 0 aliphatic carbocycles. The van der Waals surface area contributed by atoms with Crippen molar-refractivity contribution in [3.63, 3.8) is 0 Å². The van der Waals surface area contributed by atoms with Gasteiger partial charge in [0.15, 0.2) is 23.1 Å². The molecule has 184 valence electrons. The van der Waals surface area contributed by atoms with Gasteiger partial charge in [0.05, 0.1) is 23.2 Å². The molecule has 3 aromatic rings. The van der Waals surface area contributed by atoms with Gasteiger partial charge in [0.25, 0.3) is 5.91 Å². The third-order valence-corrected chi connectivity index (χ3v) is 6.95. The smallest absolute Gasteiger partial charge is 0.344 e. The Morgan fingerprint density at radius 2 is 1.71 bits per heavy atom. The lowest BCUT2D eigenvalue weighted by molar-refractivity contribution is -0.149. The van der Waals surface area contributed by atoms with Gasteiger partial charge in [-0.05, 0) is 49.7 Å². The van der Waals surface area contributed by atoms with Crippen molar-refractivity contribution < 1.29 is 32.2 Å². The number of hydrogen-bond donors (Lipinski definition) is 1. The molecule has 0 saturated carbocycles. The van der Waals surface area contributed by atoms with E-state index in [0.717, 1.165) is 0 Å². The van der Waals surface area contributed by atoms with E-state index >= 15 is 0 Å². The number of carbonyl (C=O) groups is 2. The average molecular weight is 500 g/mol. The van der Waals surface area contributed by atoms with Crippen molar-refractivity contribution >= 4 is 27.5 Å². The molecule has 1 aromatic heterocycles. The number of hydrogen-bond acceptors (Lipinski definition) is 8. The highest BCUT2D eigenvalue weighted by atomic mass is 32.2. The fraction of sp³-hybridized carbons (Fsp3) is 0.292. The molecule has 1 unspecified atom stereocenters. The fourth-order valence-electron chi connectivity index (χ4n) is 3.59. The summed E-state index contributed by atoms with van der Waals surface area (Å²) in [5, 5.41) is 6.93. The van der Waals surface area contributed by atoms with E-state index in [4.69, 9.17) is 14.2 Å². The Balaban J connectivity index is 1.22. The minimum atomic E-state index is -3.11. The Labute approximate surface area is 202 Å². The Hall–Kier alpha value is -3.86. The van der Waals surface area contributed by atoms with Crippen molar-refractivity contribution in [2.75, 3.05) is 30.0 Å². The molecule has 11 heteroatoms.